The van der Waals surface area contributed by atoms with Crippen molar-refractivity contribution in [1.82, 2.24) is 4.90 Å². The molecule has 1 saturated carbocycles. The third-order valence-corrected chi connectivity index (χ3v) is 4.27. The summed E-state index contributed by atoms with van der Waals surface area (Å²) in [5, 5.41) is 10.5. The number of fused-ring (bicyclic) bond motifs is 1. The van der Waals surface area contributed by atoms with E-state index in [-0.39, 0.29) is 12.1 Å². The van der Waals surface area contributed by atoms with Crippen LogP contribution in [0.5, 0.6) is 5.75 Å². The second kappa shape index (κ2) is 4.56. The van der Waals surface area contributed by atoms with Crippen molar-refractivity contribution in [3.63, 3.8) is 0 Å². The zero-order chi connectivity index (χ0) is 12.7. The number of likely N-dealkylation sites (N-methyl/N-ethyl adjacent to an activating group) is 1. The molecule has 2 aliphatic carbocycles. The fraction of sp³-hybridized carbons (Fsp3) is 0.600. The van der Waals surface area contributed by atoms with E-state index in [1.54, 1.807) is 7.11 Å². The van der Waals surface area contributed by atoms with Crippen molar-refractivity contribution < 1.29 is 9.84 Å². The van der Waals surface area contributed by atoms with Gasteiger partial charge in [0.05, 0.1) is 13.2 Å². The Hall–Kier alpha value is -1.06. The van der Waals surface area contributed by atoms with Gasteiger partial charge in [0.2, 0.25) is 0 Å². The van der Waals surface area contributed by atoms with Crippen molar-refractivity contribution in [2.45, 2.75) is 31.4 Å². The van der Waals surface area contributed by atoms with E-state index in [0.717, 1.165) is 30.2 Å². The third kappa shape index (κ3) is 2.13. The van der Waals surface area contributed by atoms with Gasteiger partial charge in [0.1, 0.15) is 5.75 Å². The molecule has 0 saturated heterocycles. The van der Waals surface area contributed by atoms with E-state index >= 15 is 0 Å². The molecule has 3 heteroatoms. The number of ether oxygens (including phenoxy) is 1. The number of hydrogen-bond acceptors (Lipinski definition) is 3. The number of methoxy groups -OCH3 is 1. The Morgan fingerprint density at radius 3 is 2.83 bits per heavy atom. The van der Waals surface area contributed by atoms with Crippen molar-refractivity contribution >= 4 is 0 Å². The Bertz CT molecular complexity index is 442. The number of aliphatic hydroxyl groups excluding tert-OH is 1. The van der Waals surface area contributed by atoms with Crippen LogP contribution in [0.2, 0.25) is 0 Å². The fourth-order valence-electron chi connectivity index (χ4n) is 2.95. The van der Waals surface area contributed by atoms with Crippen molar-refractivity contribution in [3.8, 4) is 5.75 Å². The van der Waals surface area contributed by atoms with Gasteiger partial charge in [-0.3, -0.25) is 4.90 Å². The highest BCUT2D eigenvalue weighted by Gasteiger charge is 2.35. The van der Waals surface area contributed by atoms with E-state index in [2.05, 4.69) is 18.0 Å². The Balaban J connectivity index is 1.77. The highest BCUT2D eigenvalue weighted by Crippen LogP contribution is 2.38. The molecule has 0 radical (unpaired) electrons. The van der Waals surface area contributed by atoms with Gasteiger partial charge in [-0.05, 0) is 55.5 Å². The maximum absolute atomic E-state index is 10.5. The van der Waals surface area contributed by atoms with Gasteiger partial charge in [-0.1, -0.05) is 6.07 Å². The van der Waals surface area contributed by atoms with E-state index in [0.29, 0.717) is 0 Å². The first-order chi connectivity index (χ1) is 8.69. The van der Waals surface area contributed by atoms with Crippen LogP contribution in [0.25, 0.3) is 0 Å². The number of nitrogens with zero attached hydrogens (tertiary/aromatic N) is 1. The molecule has 2 aliphatic rings. The summed E-state index contributed by atoms with van der Waals surface area (Å²) in [5.74, 6) is 1.69. The Morgan fingerprint density at radius 1 is 1.39 bits per heavy atom. The van der Waals surface area contributed by atoms with Crippen molar-refractivity contribution in [3.05, 3.63) is 29.3 Å². The molecule has 3 rings (SSSR count). The van der Waals surface area contributed by atoms with E-state index in [1.165, 1.54) is 18.4 Å². The Morgan fingerprint density at radius 2 is 2.17 bits per heavy atom. The zero-order valence-corrected chi connectivity index (χ0v) is 11.1. The zero-order valence-electron chi connectivity index (χ0n) is 11.1. The molecular formula is C15H21NO2. The quantitative estimate of drug-likeness (QED) is 0.883. The maximum atomic E-state index is 10.5. The third-order valence-electron chi connectivity index (χ3n) is 4.27. The van der Waals surface area contributed by atoms with E-state index in [1.807, 2.05) is 12.1 Å². The predicted molar refractivity (Wildman–Crippen MR) is 70.8 cm³/mol. The van der Waals surface area contributed by atoms with Gasteiger partial charge < -0.3 is 9.84 Å². The van der Waals surface area contributed by atoms with Gasteiger partial charge in [0.15, 0.2) is 0 Å². The summed E-state index contributed by atoms with van der Waals surface area (Å²) >= 11 is 0. The molecule has 0 aliphatic heterocycles. The molecule has 18 heavy (non-hydrogen) atoms. The predicted octanol–water partition coefficient (Wildman–Crippen LogP) is 2.00. The molecule has 1 aromatic carbocycles. The number of hydrogen-bond donors (Lipinski definition) is 1. The molecular weight excluding hydrogens is 226 g/mol. The van der Waals surface area contributed by atoms with Crippen LogP contribution in [0, 0.1) is 5.92 Å². The summed E-state index contributed by atoms with van der Waals surface area (Å²) < 4.78 is 5.23. The summed E-state index contributed by atoms with van der Waals surface area (Å²) in [4.78, 5) is 2.33. The van der Waals surface area contributed by atoms with Gasteiger partial charge in [0.25, 0.3) is 0 Å². The first-order valence-electron chi connectivity index (χ1n) is 6.74. The second-order valence-electron chi connectivity index (χ2n) is 5.66. The van der Waals surface area contributed by atoms with Crippen LogP contribution in [0.3, 0.4) is 0 Å². The van der Waals surface area contributed by atoms with E-state index in [9.17, 15) is 5.11 Å². The minimum atomic E-state index is -0.376. The average Bonchev–Trinajstić information content (AvgIpc) is 3.13. The van der Waals surface area contributed by atoms with Crippen LogP contribution < -0.4 is 4.74 Å². The van der Waals surface area contributed by atoms with Crippen LogP contribution in [0.1, 0.15) is 30.1 Å². The molecule has 1 aromatic rings. The number of rotatable bonds is 4. The monoisotopic (exact) mass is 247 g/mol. The molecule has 0 heterocycles. The van der Waals surface area contributed by atoms with E-state index < -0.39 is 0 Å². The highest BCUT2D eigenvalue weighted by atomic mass is 16.5. The molecule has 2 unspecified atom stereocenters. The van der Waals surface area contributed by atoms with E-state index in [4.69, 9.17) is 4.74 Å². The fourth-order valence-corrected chi connectivity index (χ4v) is 2.95. The lowest BCUT2D eigenvalue weighted by molar-refractivity contribution is 0.0735. The van der Waals surface area contributed by atoms with Gasteiger partial charge in [-0.2, -0.15) is 0 Å². The number of aliphatic hydroxyl groups is 1. The van der Waals surface area contributed by atoms with Gasteiger partial charge >= 0.3 is 0 Å². The smallest absolute Gasteiger partial charge is 0.119 e. The molecule has 2 atom stereocenters. The molecule has 0 amide bonds. The summed E-state index contributed by atoms with van der Waals surface area (Å²) in [5.41, 5.74) is 2.30. The molecule has 0 aromatic heterocycles. The Kier molecular flexibility index (Phi) is 3.04. The summed E-state index contributed by atoms with van der Waals surface area (Å²) in [7, 11) is 3.80. The standard InChI is InChI=1S/C15H21NO2/c1-16(9-10-3-4-10)14-7-11-5-6-12(18-2)8-13(11)15(14)17/h5-6,8,10,14-15,17H,3-4,7,9H2,1-2H3. The molecule has 0 spiro atoms. The Labute approximate surface area is 108 Å². The highest BCUT2D eigenvalue weighted by molar-refractivity contribution is 5.41. The lowest BCUT2D eigenvalue weighted by Gasteiger charge is -2.27. The normalized spacial score (nSPS) is 26.4. The summed E-state index contributed by atoms with van der Waals surface area (Å²) in [6.45, 7) is 1.12. The second-order valence-corrected chi connectivity index (χ2v) is 5.66. The lowest BCUT2D eigenvalue weighted by atomic mass is 10.1. The van der Waals surface area contributed by atoms with Crippen LogP contribution in [-0.2, 0) is 6.42 Å². The molecule has 98 valence electrons. The molecule has 3 nitrogen and oxygen atoms in total. The van der Waals surface area contributed by atoms with Crippen LogP contribution in [0.15, 0.2) is 18.2 Å². The SMILES string of the molecule is COc1ccc2c(c1)C(O)C(N(C)CC1CC1)C2. The largest absolute Gasteiger partial charge is 0.497 e. The van der Waals surface area contributed by atoms with Crippen molar-refractivity contribution in [2.75, 3.05) is 20.7 Å². The average molecular weight is 247 g/mol. The molecule has 1 fully saturated rings. The van der Waals surface area contributed by atoms with Gasteiger partial charge in [0, 0.05) is 12.6 Å². The lowest BCUT2D eigenvalue weighted by Crippen LogP contribution is -2.36. The topological polar surface area (TPSA) is 32.7 Å². The van der Waals surface area contributed by atoms with Crippen molar-refractivity contribution in [1.29, 1.82) is 0 Å². The van der Waals surface area contributed by atoms with Crippen molar-refractivity contribution in [2.24, 2.45) is 5.92 Å². The minimum Gasteiger partial charge on any atom is -0.497 e. The van der Waals surface area contributed by atoms with Gasteiger partial charge in [-0.15, -0.1) is 0 Å². The van der Waals surface area contributed by atoms with Crippen LogP contribution >= 0.6 is 0 Å². The molecule has 0 bridgehead atoms. The van der Waals surface area contributed by atoms with Crippen LogP contribution in [0.4, 0.5) is 0 Å². The van der Waals surface area contributed by atoms with Crippen LogP contribution in [-0.4, -0.2) is 36.8 Å². The number of benzene rings is 1. The summed E-state index contributed by atoms with van der Waals surface area (Å²) in [6.07, 6.45) is 3.28. The first kappa shape index (κ1) is 12.0. The maximum Gasteiger partial charge on any atom is 0.119 e. The van der Waals surface area contributed by atoms with Gasteiger partial charge in [-0.25, -0.2) is 0 Å². The molecule has 1 N–H and O–H groups in total. The summed E-state index contributed by atoms with van der Waals surface area (Å²) in [6, 6.07) is 6.27. The minimum absolute atomic E-state index is 0.229. The first-order valence-corrected chi connectivity index (χ1v) is 6.74.